The lowest BCUT2D eigenvalue weighted by Crippen LogP contribution is -2.30. The molecule has 1 aromatic carbocycles. The predicted molar refractivity (Wildman–Crippen MR) is 80.0 cm³/mol. The van der Waals surface area contributed by atoms with Crippen molar-refractivity contribution in [1.29, 1.82) is 0 Å². The summed E-state index contributed by atoms with van der Waals surface area (Å²) in [4.78, 5) is 0. The van der Waals surface area contributed by atoms with Crippen molar-refractivity contribution in [3.63, 3.8) is 0 Å². The van der Waals surface area contributed by atoms with Crippen LogP contribution < -0.4 is 16.0 Å². The van der Waals surface area contributed by atoms with Crippen LogP contribution in [0.2, 0.25) is 10.0 Å². The van der Waals surface area contributed by atoms with Gasteiger partial charge in [-0.25, -0.2) is 4.68 Å². The zero-order valence-corrected chi connectivity index (χ0v) is 12.7. The van der Waals surface area contributed by atoms with Crippen LogP contribution >= 0.6 is 23.2 Å². The average molecular weight is 315 g/mol. The third-order valence-electron chi connectivity index (χ3n) is 3.06. The van der Waals surface area contributed by atoms with E-state index < -0.39 is 0 Å². The highest BCUT2D eigenvalue weighted by molar-refractivity contribution is 6.35. The minimum atomic E-state index is -0.163. The van der Waals surface area contributed by atoms with Crippen LogP contribution in [-0.4, -0.2) is 16.9 Å². The largest absolute Gasteiger partial charge is 0.481 e. The number of hydrazine groups is 1. The fraction of sp³-hybridized carbons (Fsp3) is 0.308. The van der Waals surface area contributed by atoms with E-state index in [0.717, 1.165) is 11.3 Å². The van der Waals surface area contributed by atoms with Crippen molar-refractivity contribution >= 4 is 23.2 Å². The summed E-state index contributed by atoms with van der Waals surface area (Å²) in [6.07, 6.45) is 0.604. The molecule has 0 spiro atoms. The van der Waals surface area contributed by atoms with E-state index in [1.165, 1.54) is 0 Å². The molecular weight excluding hydrogens is 299 g/mol. The number of aryl methyl sites for hydroxylation is 1. The van der Waals surface area contributed by atoms with Crippen molar-refractivity contribution in [1.82, 2.24) is 15.2 Å². The maximum atomic E-state index is 6.18. The van der Waals surface area contributed by atoms with Crippen LogP contribution in [0.5, 0.6) is 5.88 Å². The Labute approximate surface area is 127 Å². The third-order valence-corrected chi connectivity index (χ3v) is 3.65. The van der Waals surface area contributed by atoms with Gasteiger partial charge in [-0.2, -0.15) is 5.10 Å². The Morgan fingerprint density at radius 2 is 2.15 bits per heavy atom. The molecule has 5 nitrogen and oxygen atoms in total. The van der Waals surface area contributed by atoms with Gasteiger partial charge >= 0.3 is 0 Å². The highest BCUT2D eigenvalue weighted by Gasteiger charge is 2.17. The van der Waals surface area contributed by atoms with Crippen molar-refractivity contribution in [2.75, 3.05) is 7.11 Å². The zero-order valence-electron chi connectivity index (χ0n) is 11.2. The fourth-order valence-corrected chi connectivity index (χ4v) is 2.47. The van der Waals surface area contributed by atoms with E-state index in [1.807, 2.05) is 19.2 Å². The number of benzene rings is 1. The molecule has 0 saturated carbocycles. The molecule has 1 heterocycles. The Hall–Kier alpha value is -1.27. The Morgan fingerprint density at radius 1 is 1.40 bits per heavy atom. The first-order valence-corrected chi connectivity index (χ1v) is 6.78. The molecule has 1 aromatic heterocycles. The van der Waals surface area contributed by atoms with Crippen LogP contribution in [0.25, 0.3) is 0 Å². The quantitative estimate of drug-likeness (QED) is 0.657. The monoisotopic (exact) mass is 314 g/mol. The van der Waals surface area contributed by atoms with E-state index in [-0.39, 0.29) is 6.04 Å². The second-order valence-electron chi connectivity index (χ2n) is 4.39. The Kier molecular flexibility index (Phi) is 4.88. The number of nitrogens with two attached hydrogens (primary N) is 1. The summed E-state index contributed by atoms with van der Waals surface area (Å²) in [5.74, 6) is 6.29. The van der Waals surface area contributed by atoms with Crippen LogP contribution in [0.1, 0.15) is 17.3 Å². The SMILES string of the molecule is COc1cc(C(Cc2ccc(Cl)cc2Cl)NN)nn1C. The van der Waals surface area contributed by atoms with E-state index in [9.17, 15) is 0 Å². The zero-order chi connectivity index (χ0) is 14.7. The maximum absolute atomic E-state index is 6.18. The molecule has 0 bridgehead atoms. The number of aromatic nitrogens is 2. The minimum absolute atomic E-state index is 0.163. The van der Waals surface area contributed by atoms with Gasteiger partial charge in [-0.05, 0) is 24.1 Å². The number of hydrogen-bond donors (Lipinski definition) is 2. The van der Waals surface area contributed by atoms with Gasteiger partial charge in [-0.3, -0.25) is 11.3 Å². The standard InChI is InChI=1S/C13H16Cl2N4O/c1-19-13(20-2)7-12(18-19)11(17-16)5-8-3-4-9(14)6-10(8)15/h3-4,6-7,11,17H,5,16H2,1-2H3. The van der Waals surface area contributed by atoms with E-state index in [2.05, 4.69) is 10.5 Å². The number of ether oxygens (including phenoxy) is 1. The topological polar surface area (TPSA) is 65.1 Å². The molecule has 20 heavy (non-hydrogen) atoms. The predicted octanol–water partition coefficient (Wildman–Crippen LogP) is 2.48. The summed E-state index contributed by atoms with van der Waals surface area (Å²) in [7, 11) is 3.41. The van der Waals surface area contributed by atoms with Crippen LogP contribution in [0, 0.1) is 0 Å². The van der Waals surface area contributed by atoms with Crippen LogP contribution in [0.15, 0.2) is 24.3 Å². The van der Waals surface area contributed by atoms with Crippen molar-refractivity contribution in [3.05, 3.63) is 45.6 Å². The van der Waals surface area contributed by atoms with Crippen molar-refractivity contribution < 1.29 is 4.74 Å². The van der Waals surface area contributed by atoms with Gasteiger partial charge in [0.25, 0.3) is 0 Å². The molecule has 0 radical (unpaired) electrons. The van der Waals surface area contributed by atoms with Gasteiger partial charge in [-0.1, -0.05) is 29.3 Å². The molecule has 0 aliphatic heterocycles. The summed E-state index contributed by atoms with van der Waals surface area (Å²) in [5, 5.41) is 5.59. The molecule has 0 aliphatic carbocycles. The summed E-state index contributed by atoms with van der Waals surface area (Å²) >= 11 is 12.1. The molecule has 0 amide bonds. The number of nitrogens with one attached hydrogen (secondary N) is 1. The third kappa shape index (κ3) is 3.24. The van der Waals surface area contributed by atoms with Gasteiger partial charge in [0, 0.05) is 23.2 Å². The molecular formula is C13H16Cl2N4O. The number of halogens is 2. The van der Waals surface area contributed by atoms with Gasteiger partial charge in [0.15, 0.2) is 0 Å². The van der Waals surface area contributed by atoms with Crippen LogP contribution in [0.4, 0.5) is 0 Å². The smallest absolute Gasteiger partial charge is 0.211 e. The van der Waals surface area contributed by atoms with Crippen molar-refractivity contribution in [2.45, 2.75) is 12.5 Å². The highest BCUT2D eigenvalue weighted by Crippen LogP contribution is 2.26. The molecule has 2 aromatic rings. The first-order chi connectivity index (χ1) is 9.55. The molecule has 0 aliphatic rings. The molecule has 0 saturated heterocycles. The van der Waals surface area contributed by atoms with Gasteiger partial charge in [0.2, 0.25) is 5.88 Å². The van der Waals surface area contributed by atoms with Gasteiger partial charge in [0.1, 0.15) is 0 Å². The minimum Gasteiger partial charge on any atom is -0.481 e. The Morgan fingerprint density at radius 3 is 2.70 bits per heavy atom. The number of methoxy groups -OCH3 is 1. The summed E-state index contributed by atoms with van der Waals surface area (Å²) < 4.78 is 6.85. The van der Waals surface area contributed by atoms with Crippen LogP contribution in [-0.2, 0) is 13.5 Å². The van der Waals surface area contributed by atoms with E-state index >= 15 is 0 Å². The molecule has 1 unspecified atom stereocenters. The number of nitrogens with zero attached hydrogens (tertiary/aromatic N) is 2. The Bertz CT molecular complexity index is 600. The molecule has 1 atom stereocenters. The average Bonchev–Trinajstić information content (AvgIpc) is 2.79. The molecule has 0 fully saturated rings. The number of rotatable bonds is 5. The summed E-state index contributed by atoms with van der Waals surface area (Å²) in [6.45, 7) is 0. The lowest BCUT2D eigenvalue weighted by Gasteiger charge is -2.14. The molecule has 3 N–H and O–H groups in total. The lowest BCUT2D eigenvalue weighted by atomic mass is 10.0. The highest BCUT2D eigenvalue weighted by atomic mass is 35.5. The van der Waals surface area contributed by atoms with Gasteiger partial charge in [0.05, 0.1) is 18.8 Å². The normalized spacial score (nSPS) is 12.4. The van der Waals surface area contributed by atoms with E-state index in [1.54, 1.807) is 23.9 Å². The lowest BCUT2D eigenvalue weighted by molar-refractivity contribution is 0.373. The van der Waals surface area contributed by atoms with Crippen molar-refractivity contribution in [3.8, 4) is 5.88 Å². The van der Waals surface area contributed by atoms with Gasteiger partial charge in [-0.15, -0.1) is 0 Å². The maximum Gasteiger partial charge on any atom is 0.211 e. The summed E-state index contributed by atoms with van der Waals surface area (Å²) in [6, 6.07) is 7.08. The summed E-state index contributed by atoms with van der Waals surface area (Å²) in [5.41, 5.74) is 4.49. The number of hydrogen-bond acceptors (Lipinski definition) is 4. The molecule has 2 rings (SSSR count). The van der Waals surface area contributed by atoms with Gasteiger partial charge < -0.3 is 4.74 Å². The molecule has 7 heteroatoms. The fourth-order valence-electron chi connectivity index (χ4n) is 1.99. The first-order valence-electron chi connectivity index (χ1n) is 6.03. The second kappa shape index (κ2) is 6.45. The Balaban J connectivity index is 2.23. The molecule has 108 valence electrons. The first kappa shape index (κ1) is 15.1. The van der Waals surface area contributed by atoms with E-state index in [0.29, 0.717) is 22.3 Å². The second-order valence-corrected chi connectivity index (χ2v) is 5.24. The van der Waals surface area contributed by atoms with Crippen molar-refractivity contribution in [2.24, 2.45) is 12.9 Å². The van der Waals surface area contributed by atoms with E-state index in [4.69, 9.17) is 33.8 Å². The van der Waals surface area contributed by atoms with Crippen LogP contribution in [0.3, 0.4) is 0 Å².